The fourth-order valence-corrected chi connectivity index (χ4v) is 3.15. The van der Waals surface area contributed by atoms with Crippen LogP contribution in [0.5, 0.6) is 0 Å². The van der Waals surface area contributed by atoms with Crippen LogP contribution < -0.4 is 0 Å². The minimum Gasteiger partial charge on any atom is -0.264 e. The van der Waals surface area contributed by atoms with Crippen molar-refractivity contribution in [3.8, 4) is 33.5 Å². The molecule has 0 aliphatic carbocycles. The standard InChI is InChI=1S/C15H11N3.C12H10/c1-4-12(10-16-7-1)14-6-3-9-18-15(14)13-5-2-8-17-11-13;1-3-7-11(8-4-1)12-9-5-2-6-10-12/h1-11H;1-10H. The van der Waals surface area contributed by atoms with Crippen LogP contribution in [0, 0.1) is 0 Å². The number of hydrogen-bond acceptors (Lipinski definition) is 3. The predicted molar refractivity (Wildman–Crippen MR) is 123 cm³/mol. The smallest absolute Gasteiger partial charge is 0.0796 e. The Labute approximate surface area is 176 Å². The summed E-state index contributed by atoms with van der Waals surface area (Å²) in [6.45, 7) is 0. The average Bonchev–Trinajstić information content (AvgIpc) is 2.87. The highest BCUT2D eigenvalue weighted by Gasteiger charge is 2.07. The van der Waals surface area contributed by atoms with Crippen LogP contribution in [0.1, 0.15) is 0 Å². The normalized spacial score (nSPS) is 10.0. The van der Waals surface area contributed by atoms with E-state index in [0.29, 0.717) is 0 Å². The van der Waals surface area contributed by atoms with Crippen molar-refractivity contribution in [2.75, 3.05) is 0 Å². The molecule has 0 unspecified atom stereocenters. The first-order chi connectivity index (χ1) is 14.9. The topological polar surface area (TPSA) is 38.7 Å². The van der Waals surface area contributed by atoms with E-state index in [1.807, 2.05) is 60.9 Å². The summed E-state index contributed by atoms with van der Waals surface area (Å²) in [4.78, 5) is 12.8. The van der Waals surface area contributed by atoms with Gasteiger partial charge >= 0.3 is 0 Å². The Morgan fingerprint density at radius 3 is 1.43 bits per heavy atom. The fraction of sp³-hybridized carbons (Fsp3) is 0. The van der Waals surface area contributed by atoms with Gasteiger partial charge in [0.05, 0.1) is 5.69 Å². The Bertz CT molecular complexity index is 1060. The Morgan fingerprint density at radius 1 is 0.400 bits per heavy atom. The van der Waals surface area contributed by atoms with Crippen LogP contribution in [0.4, 0.5) is 0 Å². The predicted octanol–water partition coefficient (Wildman–Crippen LogP) is 6.56. The van der Waals surface area contributed by atoms with E-state index in [-0.39, 0.29) is 0 Å². The lowest BCUT2D eigenvalue weighted by Gasteiger charge is -2.07. The molecule has 3 heteroatoms. The second kappa shape index (κ2) is 9.89. The first-order valence-electron chi connectivity index (χ1n) is 9.78. The van der Waals surface area contributed by atoms with E-state index in [2.05, 4.69) is 63.5 Å². The van der Waals surface area contributed by atoms with Crippen LogP contribution in [-0.4, -0.2) is 15.0 Å². The Morgan fingerprint density at radius 2 is 0.900 bits per heavy atom. The highest BCUT2D eigenvalue weighted by Crippen LogP contribution is 2.28. The molecule has 5 rings (SSSR count). The number of aromatic nitrogens is 3. The summed E-state index contributed by atoms with van der Waals surface area (Å²) in [5.74, 6) is 0. The van der Waals surface area contributed by atoms with Crippen LogP contribution in [0.2, 0.25) is 0 Å². The molecule has 2 aromatic carbocycles. The summed E-state index contributed by atoms with van der Waals surface area (Å²) >= 11 is 0. The third-order valence-corrected chi connectivity index (χ3v) is 4.60. The van der Waals surface area contributed by atoms with Crippen LogP contribution in [-0.2, 0) is 0 Å². The molecule has 3 heterocycles. The highest BCUT2D eigenvalue weighted by atomic mass is 14.7. The molecule has 0 saturated carbocycles. The van der Waals surface area contributed by atoms with Crippen molar-refractivity contribution < 1.29 is 0 Å². The molecule has 0 bridgehead atoms. The summed E-state index contributed by atoms with van der Waals surface area (Å²) in [7, 11) is 0. The van der Waals surface area contributed by atoms with Gasteiger partial charge in [0.15, 0.2) is 0 Å². The summed E-state index contributed by atoms with van der Waals surface area (Å²) in [6.07, 6.45) is 8.99. The summed E-state index contributed by atoms with van der Waals surface area (Å²) in [6, 6.07) is 32.6. The lowest BCUT2D eigenvalue weighted by atomic mass is 10.0. The summed E-state index contributed by atoms with van der Waals surface area (Å²) < 4.78 is 0. The first-order valence-corrected chi connectivity index (χ1v) is 9.78. The van der Waals surface area contributed by atoms with Crippen molar-refractivity contribution in [3.05, 3.63) is 128 Å². The molecule has 0 radical (unpaired) electrons. The number of rotatable bonds is 3. The summed E-state index contributed by atoms with van der Waals surface area (Å²) in [5.41, 5.74) is 6.62. The van der Waals surface area contributed by atoms with Crippen LogP contribution >= 0.6 is 0 Å². The molecule has 3 aromatic heterocycles. The molecular weight excluding hydrogens is 366 g/mol. The van der Waals surface area contributed by atoms with Gasteiger partial charge in [-0.2, -0.15) is 0 Å². The van der Waals surface area contributed by atoms with Gasteiger partial charge in [-0.25, -0.2) is 0 Å². The second-order valence-electron chi connectivity index (χ2n) is 6.62. The van der Waals surface area contributed by atoms with Crippen molar-refractivity contribution in [2.24, 2.45) is 0 Å². The van der Waals surface area contributed by atoms with Gasteiger partial charge in [-0.15, -0.1) is 0 Å². The number of hydrogen-bond donors (Lipinski definition) is 0. The average molecular weight is 387 g/mol. The molecule has 5 aromatic rings. The molecule has 0 atom stereocenters. The van der Waals surface area contributed by atoms with E-state index < -0.39 is 0 Å². The van der Waals surface area contributed by atoms with E-state index in [9.17, 15) is 0 Å². The molecule has 0 N–H and O–H groups in total. The van der Waals surface area contributed by atoms with Crippen LogP contribution in [0.3, 0.4) is 0 Å². The second-order valence-corrected chi connectivity index (χ2v) is 6.62. The largest absolute Gasteiger partial charge is 0.264 e. The first kappa shape index (κ1) is 19.2. The van der Waals surface area contributed by atoms with Crippen LogP contribution in [0.25, 0.3) is 33.5 Å². The molecular formula is C27H21N3. The van der Waals surface area contributed by atoms with Gasteiger partial charge in [-0.05, 0) is 35.4 Å². The Kier molecular flexibility index (Phi) is 6.34. The fourth-order valence-electron chi connectivity index (χ4n) is 3.15. The van der Waals surface area contributed by atoms with E-state index in [0.717, 1.165) is 22.4 Å². The van der Waals surface area contributed by atoms with Gasteiger partial charge in [0.1, 0.15) is 0 Å². The molecule has 0 amide bonds. The van der Waals surface area contributed by atoms with E-state index in [1.165, 1.54) is 11.1 Å². The van der Waals surface area contributed by atoms with Gasteiger partial charge in [-0.3, -0.25) is 15.0 Å². The van der Waals surface area contributed by atoms with E-state index >= 15 is 0 Å². The van der Waals surface area contributed by atoms with Crippen molar-refractivity contribution in [1.29, 1.82) is 0 Å². The molecule has 144 valence electrons. The molecule has 3 nitrogen and oxygen atoms in total. The van der Waals surface area contributed by atoms with Gasteiger partial charge < -0.3 is 0 Å². The zero-order valence-corrected chi connectivity index (χ0v) is 16.5. The molecule has 0 saturated heterocycles. The van der Waals surface area contributed by atoms with Gasteiger partial charge in [0.2, 0.25) is 0 Å². The molecule has 30 heavy (non-hydrogen) atoms. The zero-order valence-electron chi connectivity index (χ0n) is 16.5. The van der Waals surface area contributed by atoms with Crippen molar-refractivity contribution in [3.63, 3.8) is 0 Å². The van der Waals surface area contributed by atoms with Gasteiger partial charge in [0, 0.05) is 47.7 Å². The number of benzene rings is 2. The SMILES string of the molecule is c1ccc(-c2ccccc2)cc1.c1cncc(-c2cccnc2-c2cccnc2)c1. The lowest BCUT2D eigenvalue weighted by Crippen LogP contribution is -1.89. The van der Waals surface area contributed by atoms with Crippen molar-refractivity contribution >= 4 is 0 Å². The van der Waals surface area contributed by atoms with Crippen LogP contribution in [0.15, 0.2) is 128 Å². The maximum Gasteiger partial charge on any atom is 0.0796 e. The Balaban J connectivity index is 0.000000158. The van der Waals surface area contributed by atoms with Crippen molar-refractivity contribution in [2.45, 2.75) is 0 Å². The maximum atomic E-state index is 4.46. The highest BCUT2D eigenvalue weighted by molar-refractivity contribution is 5.79. The van der Waals surface area contributed by atoms with E-state index in [4.69, 9.17) is 0 Å². The quantitative estimate of drug-likeness (QED) is 0.352. The Hall–Kier alpha value is -4.11. The summed E-state index contributed by atoms with van der Waals surface area (Å²) in [5, 5.41) is 0. The lowest BCUT2D eigenvalue weighted by molar-refractivity contribution is 1.27. The minimum absolute atomic E-state index is 0.929. The zero-order chi connectivity index (χ0) is 20.4. The number of nitrogens with zero attached hydrogens (tertiary/aromatic N) is 3. The maximum absolute atomic E-state index is 4.46. The van der Waals surface area contributed by atoms with Crippen molar-refractivity contribution in [1.82, 2.24) is 15.0 Å². The van der Waals surface area contributed by atoms with Gasteiger partial charge in [0.25, 0.3) is 0 Å². The van der Waals surface area contributed by atoms with Gasteiger partial charge in [-0.1, -0.05) is 72.8 Å². The molecule has 0 aliphatic rings. The molecule has 0 aliphatic heterocycles. The third-order valence-electron chi connectivity index (χ3n) is 4.60. The van der Waals surface area contributed by atoms with E-state index in [1.54, 1.807) is 18.6 Å². The number of pyridine rings is 3. The minimum atomic E-state index is 0.929. The molecule has 0 fully saturated rings. The monoisotopic (exact) mass is 387 g/mol. The molecule has 0 spiro atoms. The third kappa shape index (κ3) is 4.83.